The summed E-state index contributed by atoms with van der Waals surface area (Å²) in [4.78, 5) is 40.0. The number of carbonyl (C=O) groups excluding carboxylic acids is 3. The first-order valence-electron chi connectivity index (χ1n) is 8.97. The zero-order chi connectivity index (χ0) is 19.9. The van der Waals surface area contributed by atoms with Gasteiger partial charge < -0.3 is 10.0 Å². The second kappa shape index (κ2) is 7.72. The molecule has 0 aromatic rings. The molecule has 0 saturated carbocycles. The Balaban J connectivity index is 1.95. The van der Waals surface area contributed by atoms with E-state index in [4.69, 9.17) is 0 Å². The standard InChI is InChI=1S/C18H30N2O4S2/c1-17(2,3)25-11-9-13(21)19(15(11)23)7-8-20-14(22)10-12(16(20)24)26-18(4,5)6/h11-13,21H,7-10H2,1-6H3. The fraction of sp³-hybridized carbons (Fsp3) is 0.833. The van der Waals surface area contributed by atoms with Crippen molar-refractivity contribution in [2.45, 2.75) is 80.6 Å². The number of aliphatic hydroxyl groups is 1. The van der Waals surface area contributed by atoms with Gasteiger partial charge in [0.2, 0.25) is 17.7 Å². The molecule has 0 aromatic carbocycles. The minimum Gasteiger partial charge on any atom is -0.373 e. The van der Waals surface area contributed by atoms with Crippen molar-refractivity contribution in [3.8, 4) is 0 Å². The minimum atomic E-state index is -0.852. The van der Waals surface area contributed by atoms with Crippen LogP contribution in [0, 0.1) is 0 Å². The largest absolute Gasteiger partial charge is 0.373 e. The predicted molar refractivity (Wildman–Crippen MR) is 106 cm³/mol. The van der Waals surface area contributed by atoms with Crippen molar-refractivity contribution in [1.29, 1.82) is 0 Å². The normalized spacial score (nSPS) is 27.8. The first-order chi connectivity index (χ1) is 11.8. The number of likely N-dealkylation sites (tertiary alicyclic amines) is 2. The molecule has 2 saturated heterocycles. The smallest absolute Gasteiger partial charge is 0.242 e. The Bertz CT molecular complexity index is 583. The quantitative estimate of drug-likeness (QED) is 0.710. The van der Waals surface area contributed by atoms with Gasteiger partial charge in [0.1, 0.15) is 6.23 Å². The highest BCUT2D eigenvalue weighted by atomic mass is 32.2. The molecule has 0 radical (unpaired) electrons. The molecule has 2 fully saturated rings. The highest BCUT2D eigenvalue weighted by molar-refractivity contribution is 8.02. The summed E-state index contributed by atoms with van der Waals surface area (Å²) in [5.41, 5.74) is 0. The lowest BCUT2D eigenvalue weighted by molar-refractivity contribution is -0.141. The third-order valence-corrected chi connectivity index (χ3v) is 6.85. The molecule has 148 valence electrons. The third-order valence-electron chi connectivity index (χ3n) is 4.10. The molecule has 0 bridgehead atoms. The molecule has 8 heteroatoms. The van der Waals surface area contributed by atoms with Crippen molar-refractivity contribution < 1.29 is 19.5 Å². The molecular weight excluding hydrogens is 372 g/mol. The van der Waals surface area contributed by atoms with E-state index in [1.54, 1.807) is 11.8 Å². The van der Waals surface area contributed by atoms with Gasteiger partial charge in [0.15, 0.2) is 0 Å². The molecule has 2 rings (SSSR count). The lowest BCUT2D eigenvalue weighted by Gasteiger charge is -2.25. The van der Waals surface area contributed by atoms with E-state index in [9.17, 15) is 19.5 Å². The zero-order valence-corrected chi connectivity index (χ0v) is 18.1. The van der Waals surface area contributed by atoms with E-state index in [-0.39, 0.29) is 57.2 Å². The Morgan fingerprint density at radius 3 is 2.00 bits per heavy atom. The number of carbonyl (C=O) groups is 3. The van der Waals surface area contributed by atoms with Gasteiger partial charge in [0.25, 0.3) is 0 Å². The molecule has 3 unspecified atom stereocenters. The summed E-state index contributed by atoms with van der Waals surface area (Å²) in [7, 11) is 0. The number of nitrogens with zero attached hydrogens (tertiary/aromatic N) is 2. The van der Waals surface area contributed by atoms with Crippen LogP contribution in [-0.4, -0.2) is 71.9 Å². The molecule has 1 N–H and O–H groups in total. The van der Waals surface area contributed by atoms with Gasteiger partial charge in [-0.15, -0.1) is 23.5 Å². The van der Waals surface area contributed by atoms with Gasteiger partial charge in [0, 0.05) is 35.4 Å². The average molecular weight is 403 g/mol. The fourth-order valence-corrected chi connectivity index (χ4v) is 5.82. The van der Waals surface area contributed by atoms with Crippen LogP contribution in [0.25, 0.3) is 0 Å². The molecule has 26 heavy (non-hydrogen) atoms. The maximum absolute atomic E-state index is 12.6. The third kappa shape index (κ3) is 5.39. The SMILES string of the molecule is CC(C)(C)SC1CC(=O)N(CCN2C(=O)C(SC(C)(C)C)CC2O)C1=O. The molecule has 2 aliphatic rings. The van der Waals surface area contributed by atoms with Crippen LogP contribution in [0.3, 0.4) is 0 Å². The van der Waals surface area contributed by atoms with Crippen LogP contribution in [0.4, 0.5) is 0 Å². The molecular formula is C18H30N2O4S2. The Morgan fingerprint density at radius 1 is 0.923 bits per heavy atom. The van der Waals surface area contributed by atoms with Crippen LogP contribution in [0.5, 0.6) is 0 Å². The van der Waals surface area contributed by atoms with Crippen LogP contribution >= 0.6 is 23.5 Å². The average Bonchev–Trinajstić information content (AvgIpc) is 2.84. The highest BCUT2D eigenvalue weighted by Gasteiger charge is 2.43. The Morgan fingerprint density at radius 2 is 1.46 bits per heavy atom. The number of rotatable bonds is 5. The molecule has 0 aromatic heterocycles. The first-order valence-corrected chi connectivity index (χ1v) is 10.7. The zero-order valence-electron chi connectivity index (χ0n) is 16.4. The van der Waals surface area contributed by atoms with Crippen LogP contribution in [0.2, 0.25) is 0 Å². The van der Waals surface area contributed by atoms with Crippen LogP contribution in [0.15, 0.2) is 0 Å². The van der Waals surface area contributed by atoms with Crippen molar-refractivity contribution in [3.05, 3.63) is 0 Å². The summed E-state index contributed by atoms with van der Waals surface area (Å²) in [5, 5.41) is 9.60. The van der Waals surface area contributed by atoms with Gasteiger partial charge in [-0.1, -0.05) is 41.5 Å². The van der Waals surface area contributed by atoms with Gasteiger partial charge in [0.05, 0.1) is 10.5 Å². The molecule has 0 spiro atoms. The van der Waals surface area contributed by atoms with Crippen LogP contribution < -0.4 is 0 Å². The Labute approximate surface area is 164 Å². The molecule has 2 aliphatic heterocycles. The van der Waals surface area contributed by atoms with E-state index in [0.717, 1.165) is 0 Å². The summed E-state index contributed by atoms with van der Waals surface area (Å²) in [6, 6.07) is 0. The van der Waals surface area contributed by atoms with Gasteiger partial charge in [-0.25, -0.2) is 0 Å². The lowest BCUT2D eigenvalue weighted by Crippen LogP contribution is -2.43. The number of hydrogen-bond donors (Lipinski definition) is 1. The van der Waals surface area contributed by atoms with Crippen molar-refractivity contribution in [1.82, 2.24) is 9.80 Å². The first kappa shape index (κ1) is 21.6. The molecule has 3 amide bonds. The number of thioether (sulfide) groups is 2. The number of hydrogen-bond acceptors (Lipinski definition) is 6. The van der Waals surface area contributed by atoms with Crippen LogP contribution in [-0.2, 0) is 14.4 Å². The summed E-state index contributed by atoms with van der Waals surface area (Å²) in [5.74, 6) is -0.493. The van der Waals surface area contributed by atoms with Gasteiger partial charge in [-0.2, -0.15) is 0 Å². The van der Waals surface area contributed by atoms with Crippen LogP contribution in [0.1, 0.15) is 54.4 Å². The summed E-state index contributed by atoms with van der Waals surface area (Å²) >= 11 is 3.04. The maximum Gasteiger partial charge on any atom is 0.242 e. The van der Waals surface area contributed by atoms with Gasteiger partial charge >= 0.3 is 0 Å². The van der Waals surface area contributed by atoms with Crippen molar-refractivity contribution in [3.63, 3.8) is 0 Å². The predicted octanol–water partition coefficient (Wildman–Crippen LogP) is 2.10. The highest BCUT2D eigenvalue weighted by Crippen LogP contribution is 2.37. The topological polar surface area (TPSA) is 77.9 Å². The summed E-state index contributed by atoms with van der Waals surface area (Å²) < 4.78 is -0.177. The Hall–Kier alpha value is -0.730. The van der Waals surface area contributed by atoms with Crippen molar-refractivity contribution >= 4 is 41.2 Å². The van der Waals surface area contributed by atoms with Crippen molar-refractivity contribution in [2.24, 2.45) is 0 Å². The van der Waals surface area contributed by atoms with Crippen molar-refractivity contribution in [2.75, 3.05) is 13.1 Å². The second-order valence-electron chi connectivity index (χ2n) is 8.77. The summed E-state index contributed by atoms with van der Waals surface area (Å²) in [6.45, 7) is 12.5. The van der Waals surface area contributed by atoms with E-state index in [1.165, 1.54) is 21.6 Å². The lowest BCUT2D eigenvalue weighted by atomic mass is 10.3. The molecule has 0 aliphatic carbocycles. The van der Waals surface area contributed by atoms with E-state index < -0.39 is 6.23 Å². The molecule has 3 atom stereocenters. The number of aliphatic hydroxyl groups excluding tert-OH is 1. The van der Waals surface area contributed by atoms with Gasteiger partial charge in [-0.05, 0) is 0 Å². The fourth-order valence-electron chi connectivity index (χ4n) is 3.15. The van der Waals surface area contributed by atoms with E-state index >= 15 is 0 Å². The minimum absolute atomic E-state index is 0.0751. The summed E-state index contributed by atoms with van der Waals surface area (Å²) in [6.07, 6.45) is -0.264. The Kier molecular flexibility index (Phi) is 6.40. The van der Waals surface area contributed by atoms with E-state index in [2.05, 4.69) is 0 Å². The van der Waals surface area contributed by atoms with E-state index in [0.29, 0.717) is 6.42 Å². The maximum atomic E-state index is 12.6. The number of imide groups is 1. The molecule has 2 heterocycles. The van der Waals surface area contributed by atoms with Gasteiger partial charge in [-0.3, -0.25) is 19.3 Å². The number of amides is 3. The molecule has 6 nitrogen and oxygen atoms in total. The monoisotopic (exact) mass is 402 g/mol. The van der Waals surface area contributed by atoms with E-state index in [1.807, 2.05) is 41.5 Å². The second-order valence-corrected chi connectivity index (χ2v) is 12.8.